The Morgan fingerprint density at radius 2 is 1.15 bits per heavy atom. The molecule has 0 amide bonds. The maximum atomic E-state index is 6.57. The predicted octanol–water partition coefficient (Wildman–Crippen LogP) is 6.41. The molecular weight excluding hydrogens is 372 g/mol. The van der Waals surface area contributed by atoms with E-state index in [0.29, 0.717) is 12.2 Å². The van der Waals surface area contributed by atoms with Crippen LogP contribution in [0.2, 0.25) is 0 Å². The first-order valence-corrected chi connectivity index (χ1v) is 12.0. The smallest absolute Gasteiger partial charge is 0.169 e. The molecule has 4 heteroatoms. The molecule has 2 aliphatic heterocycles. The van der Waals surface area contributed by atoms with Crippen LogP contribution in [0.4, 0.5) is 0 Å². The minimum absolute atomic E-state index is 0.296. The largest absolute Gasteiger partial charge is 0.346 e. The van der Waals surface area contributed by atoms with Gasteiger partial charge in [-0.05, 0) is 49.9 Å². The van der Waals surface area contributed by atoms with Crippen LogP contribution in [-0.4, -0.2) is 29.5 Å². The molecule has 2 nitrogen and oxygen atoms in total. The van der Waals surface area contributed by atoms with Gasteiger partial charge in [0.05, 0.1) is 12.2 Å². The van der Waals surface area contributed by atoms with Gasteiger partial charge in [-0.15, -0.1) is 23.5 Å². The normalized spacial score (nSPS) is 28.3. The van der Waals surface area contributed by atoms with Gasteiger partial charge >= 0.3 is 0 Å². The Morgan fingerprint density at radius 1 is 0.704 bits per heavy atom. The van der Waals surface area contributed by atoms with Crippen LogP contribution >= 0.6 is 23.5 Å². The molecular formula is C23H28O2S2. The van der Waals surface area contributed by atoms with Crippen LogP contribution in [0.5, 0.6) is 0 Å². The van der Waals surface area contributed by atoms with Crippen LogP contribution in [0, 0.1) is 0 Å². The van der Waals surface area contributed by atoms with Crippen molar-refractivity contribution in [1.29, 1.82) is 0 Å². The summed E-state index contributed by atoms with van der Waals surface area (Å²) >= 11 is 3.80. The molecule has 2 fully saturated rings. The molecule has 2 unspecified atom stereocenters. The van der Waals surface area contributed by atoms with E-state index in [1.165, 1.54) is 22.6 Å². The molecule has 2 aromatic rings. The highest BCUT2D eigenvalue weighted by atomic mass is 32.2. The molecule has 27 heavy (non-hydrogen) atoms. The fourth-order valence-electron chi connectivity index (χ4n) is 3.96. The zero-order valence-electron chi connectivity index (χ0n) is 15.7. The maximum absolute atomic E-state index is 6.57. The van der Waals surface area contributed by atoms with Crippen LogP contribution in [-0.2, 0) is 9.47 Å². The van der Waals surface area contributed by atoms with Crippen molar-refractivity contribution in [2.24, 2.45) is 0 Å². The SMILES string of the molecule is c1ccc(SCC2CCCC3(CCCC(CSc4ccccc4)O3)O2)cc1. The number of ether oxygens (including phenoxy) is 2. The van der Waals surface area contributed by atoms with E-state index in [4.69, 9.17) is 9.47 Å². The molecule has 2 aromatic carbocycles. The van der Waals surface area contributed by atoms with E-state index >= 15 is 0 Å². The summed E-state index contributed by atoms with van der Waals surface area (Å²) in [7, 11) is 0. The van der Waals surface area contributed by atoms with Gasteiger partial charge < -0.3 is 9.47 Å². The fourth-order valence-corrected chi connectivity index (χ4v) is 5.88. The summed E-state index contributed by atoms with van der Waals surface area (Å²) in [5.74, 6) is 1.69. The van der Waals surface area contributed by atoms with Gasteiger partial charge in [0.2, 0.25) is 0 Å². The van der Waals surface area contributed by atoms with E-state index in [0.717, 1.165) is 37.2 Å². The molecule has 0 aromatic heterocycles. The number of benzene rings is 2. The van der Waals surface area contributed by atoms with Crippen LogP contribution in [0.25, 0.3) is 0 Å². The summed E-state index contributed by atoms with van der Waals surface area (Å²) < 4.78 is 13.1. The van der Waals surface area contributed by atoms with Crippen LogP contribution in [0.15, 0.2) is 70.5 Å². The monoisotopic (exact) mass is 400 g/mol. The molecule has 2 aliphatic rings. The van der Waals surface area contributed by atoms with Crippen molar-refractivity contribution in [3.63, 3.8) is 0 Å². The van der Waals surface area contributed by atoms with E-state index in [2.05, 4.69) is 60.7 Å². The molecule has 2 saturated heterocycles. The van der Waals surface area contributed by atoms with E-state index in [1.54, 1.807) is 0 Å². The first-order valence-electron chi connectivity index (χ1n) is 10.0. The minimum Gasteiger partial charge on any atom is -0.346 e. The maximum Gasteiger partial charge on any atom is 0.169 e. The van der Waals surface area contributed by atoms with Gasteiger partial charge in [-0.2, -0.15) is 0 Å². The van der Waals surface area contributed by atoms with E-state index in [9.17, 15) is 0 Å². The van der Waals surface area contributed by atoms with Gasteiger partial charge in [-0.3, -0.25) is 0 Å². The van der Waals surface area contributed by atoms with Crippen LogP contribution < -0.4 is 0 Å². The van der Waals surface area contributed by atoms with Gasteiger partial charge in [0.15, 0.2) is 5.79 Å². The Morgan fingerprint density at radius 3 is 1.59 bits per heavy atom. The second kappa shape index (κ2) is 9.51. The third-order valence-electron chi connectivity index (χ3n) is 5.29. The number of thioether (sulfide) groups is 2. The molecule has 0 bridgehead atoms. The Bertz CT molecular complexity index is 631. The summed E-state index contributed by atoms with van der Waals surface area (Å²) in [5, 5.41) is 0. The standard InChI is InChI=1S/C23H28O2S2/c1-3-11-21(12-4-1)26-17-19-9-7-15-23(24-19)16-8-10-20(25-23)18-27-22-13-5-2-6-14-22/h1-6,11-14,19-20H,7-10,15-18H2. The van der Waals surface area contributed by atoms with Crippen molar-refractivity contribution in [2.45, 2.75) is 66.3 Å². The van der Waals surface area contributed by atoms with Crippen molar-refractivity contribution in [3.8, 4) is 0 Å². The van der Waals surface area contributed by atoms with Gasteiger partial charge in [-0.1, -0.05) is 36.4 Å². The molecule has 0 aliphatic carbocycles. The Hall–Kier alpha value is -0.940. The molecule has 2 atom stereocenters. The zero-order valence-corrected chi connectivity index (χ0v) is 17.4. The number of rotatable bonds is 6. The first-order chi connectivity index (χ1) is 13.3. The second-order valence-corrected chi connectivity index (χ2v) is 9.61. The molecule has 1 spiro atoms. The quantitative estimate of drug-likeness (QED) is 0.522. The number of hydrogen-bond donors (Lipinski definition) is 0. The topological polar surface area (TPSA) is 18.5 Å². The highest BCUT2D eigenvalue weighted by molar-refractivity contribution is 7.99. The minimum atomic E-state index is -0.333. The van der Waals surface area contributed by atoms with Crippen molar-refractivity contribution >= 4 is 23.5 Å². The summed E-state index contributed by atoms with van der Waals surface area (Å²) in [6, 6.07) is 21.3. The predicted molar refractivity (Wildman–Crippen MR) is 115 cm³/mol. The lowest BCUT2D eigenvalue weighted by Crippen LogP contribution is -2.49. The third-order valence-corrected chi connectivity index (χ3v) is 7.58. The lowest BCUT2D eigenvalue weighted by atomic mass is 9.93. The zero-order chi connectivity index (χ0) is 18.4. The fraction of sp³-hybridized carbons (Fsp3) is 0.478. The summed E-state index contributed by atoms with van der Waals surface area (Å²) in [5.41, 5.74) is 0. The van der Waals surface area contributed by atoms with Gasteiger partial charge in [0.1, 0.15) is 0 Å². The highest BCUT2D eigenvalue weighted by Crippen LogP contribution is 2.41. The lowest BCUT2D eigenvalue weighted by Gasteiger charge is -2.46. The molecule has 144 valence electrons. The summed E-state index contributed by atoms with van der Waals surface area (Å²) in [6.45, 7) is 0. The van der Waals surface area contributed by atoms with Crippen LogP contribution in [0.3, 0.4) is 0 Å². The molecule has 0 N–H and O–H groups in total. The molecule has 2 heterocycles. The van der Waals surface area contributed by atoms with Crippen LogP contribution in [0.1, 0.15) is 38.5 Å². The van der Waals surface area contributed by atoms with Gasteiger partial charge in [0.25, 0.3) is 0 Å². The van der Waals surface area contributed by atoms with Gasteiger partial charge in [0, 0.05) is 34.1 Å². The van der Waals surface area contributed by atoms with Crippen molar-refractivity contribution in [3.05, 3.63) is 60.7 Å². The molecule has 0 saturated carbocycles. The third kappa shape index (κ3) is 5.54. The highest BCUT2D eigenvalue weighted by Gasteiger charge is 2.42. The molecule has 4 rings (SSSR count). The lowest BCUT2D eigenvalue weighted by molar-refractivity contribution is -0.307. The Kier molecular flexibility index (Phi) is 6.82. The average Bonchev–Trinajstić information content (AvgIpc) is 2.73. The number of hydrogen-bond acceptors (Lipinski definition) is 4. The van der Waals surface area contributed by atoms with Gasteiger partial charge in [-0.25, -0.2) is 0 Å². The van der Waals surface area contributed by atoms with Crippen molar-refractivity contribution in [1.82, 2.24) is 0 Å². The second-order valence-electron chi connectivity index (χ2n) is 7.42. The Balaban J connectivity index is 1.30. The summed E-state index contributed by atoms with van der Waals surface area (Å²) in [6.07, 6.45) is 7.40. The van der Waals surface area contributed by atoms with E-state index < -0.39 is 0 Å². The van der Waals surface area contributed by atoms with E-state index in [-0.39, 0.29) is 5.79 Å². The average molecular weight is 401 g/mol. The first kappa shape index (κ1) is 19.4. The molecule has 0 radical (unpaired) electrons. The van der Waals surface area contributed by atoms with E-state index in [1.807, 2.05) is 23.5 Å². The van der Waals surface area contributed by atoms with Crippen molar-refractivity contribution < 1.29 is 9.47 Å². The van der Waals surface area contributed by atoms with Crippen molar-refractivity contribution in [2.75, 3.05) is 11.5 Å². The Labute approximate surface area is 171 Å². The summed E-state index contributed by atoms with van der Waals surface area (Å²) in [4.78, 5) is 2.64.